The molecule has 132 valence electrons. The fourth-order valence-electron chi connectivity index (χ4n) is 2.74. The molecule has 2 rings (SSSR count). The molecule has 0 unspecified atom stereocenters. The van der Waals surface area contributed by atoms with E-state index >= 15 is 0 Å². The highest BCUT2D eigenvalue weighted by molar-refractivity contribution is 6.31. The highest BCUT2D eigenvalue weighted by Crippen LogP contribution is 2.19. The van der Waals surface area contributed by atoms with Crippen LogP contribution in [0.2, 0.25) is 5.02 Å². The Labute approximate surface area is 147 Å². The smallest absolute Gasteiger partial charge is 0.251 e. The van der Waals surface area contributed by atoms with E-state index in [9.17, 15) is 14.7 Å². The van der Waals surface area contributed by atoms with Crippen LogP contribution in [0.15, 0.2) is 18.2 Å². The molecule has 2 atom stereocenters. The number of nitrogens with one attached hydrogen (secondary N) is 1. The molecule has 1 aromatic rings. The molecular formula is C17H24ClN3O3. The van der Waals surface area contributed by atoms with Crippen LogP contribution in [0.1, 0.15) is 22.3 Å². The molecule has 2 amide bonds. The molecule has 1 aliphatic heterocycles. The largest absolute Gasteiger partial charge is 0.390 e. The zero-order valence-corrected chi connectivity index (χ0v) is 15.0. The predicted molar refractivity (Wildman–Crippen MR) is 93.2 cm³/mol. The second-order valence-corrected chi connectivity index (χ2v) is 6.78. The summed E-state index contributed by atoms with van der Waals surface area (Å²) in [6.45, 7) is 3.08. The van der Waals surface area contributed by atoms with Crippen molar-refractivity contribution in [2.45, 2.75) is 25.5 Å². The molecule has 0 aliphatic carbocycles. The number of hydrogen-bond acceptors (Lipinski definition) is 4. The van der Waals surface area contributed by atoms with Gasteiger partial charge in [0.15, 0.2) is 0 Å². The minimum atomic E-state index is -0.711. The number of halogens is 1. The first-order chi connectivity index (χ1) is 11.3. The summed E-state index contributed by atoms with van der Waals surface area (Å²) in [6.07, 6.45) is -0.120. The lowest BCUT2D eigenvalue weighted by atomic mass is 10.0. The van der Waals surface area contributed by atoms with Gasteiger partial charge in [-0.2, -0.15) is 0 Å². The standard InChI is InChI=1S/C17H24ClN3O3/c1-11-12(5-4-6-13(11)18)17(24)19-14-7-8-21(9-15(14)22)10-16(23)20(2)3/h4-6,14-15,22H,7-10H2,1-3H3,(H,19,24)/t14-,15-/m1/s1. The molecule has 24 heavy (non-hydrogen) atoms. The number of rotatable bonds is 4. The van der Waals surface area contributed by atoms with Crippen LogP contribution >= 0.6 is 11.6 Å². The van der Waals surface area contributed by atoms with Gasteiger partial charge < -0.3 is 15.3 Å². The third-order valence-corrected chi connectivity index (χ3v) is 4.76. The van der Waals surface area contributed by atoms with Gasteiger partial charge in [0.2, 0.25) is 5.91 Å². The molecule has 1 aromatic carbocycles. The van der Waals surface area contributed by atoms with Crippen molar-refractivity contribution in [1.29, 1.82) is 0 Å². The number of nitrogens with zero attached hydrogens (tertiary/aromatic N) is 2. The number of hydrogen-bond donors (Lipinski definition) is 2. The van der Waals surface area contributed by atoms with Crippen molar-refractivity contribution in [3.63, 3.8) is 0 Å². The first-order valence-corrected chi connectivity index (χ1v) is 8.34. The molecule has 1 fully saturated rings. The normalized spacial score (nSPS) is 21.4. The summed E-state index contributed by atoms with van der Waals surface area (Å²) in [5.41, 5.74) is 1.24. The van der Waals surface area contributed by atoms with E-state index in [1.54, 1.807) is 39.2 Å². The quantitative estimate of drug-likeness (QED) is 0.843. The first kappa shape index (κ1) is 18.7. The highest BCUT2D eigenvalue weighted by atomic mass is 35.5. The molecule has 0 bridgehead atoms. The van der Waals surface area contributed by atoms with Crippen molar-refractivity contribution in [3.05, 3.63) is 34.3 Å². The zero-order chi connectivity index (χ0) is 17.9. The number of benzene rings is 1. The van der Waals surface area contributed by atoms with Gasteiger partial charge in [-0.15, -0.1) is 0 Å². The maximum Gasteiger partial charge on any atom is 0.251 e. The Morgan fingerprint density at radius 1 is 1.42 bits per heavy atom. The van der Waals surface area contributed by atoms with E-state index in [2.05, 4.69) is 5.32 Å². The molecule has 1 saturated heterocycles. The Morgan fingerprint density at radius 3 is 2.75 bits per heavy atom. The van der Waals surface area contributed by atoms with Crippen LogP contribution in [-0.2, 0) is 4.79 Å². The van der Waals surface area contributed by atoms with Gasteiger partial charge in [0.1, 0.15) is 0 Å². The predicted octanol–water partition coefficient (Wildman–Crippen LogP) is 0.902. The van der Waals surface area contributed by atoms with Gasteiger partial charge in [-0.3, -0.25) is 14.5 Å². The molecule has 1 aliphatic rings. The number of aliphatic hydroxyl groups is 1. The summed E-state index contributed by atoms with van der Waals surface area (Å²) in [6, 6.07) is 4.86. The van der Waals surface area contributed by atoms with Crippen molar-refractivity contribution in [3.8, 4) is 0 Å². The third-order valence-electron chi connectivity index (χ3n) is 4.35. The topological polar surface area (TPSA) is 72.9 Å². The number of amides is 2. The van der Waals surface area contributed by atoms with Crippen LogP contribution in [0.5, 0.6) is 0 Å². The average Bonchev–Trinajstić information content (AvgIpc) is 2.52. The van der Waals surface area contributed by atoms with Crippen LogP contribution in [0.25, 0.3) is 0 Å². The fraction of sp³-hybridized carbons (Fsp3) is 0.529. The Bertz CT molecular complexity index is 621. The van der Waals surface area contributed by atoms with Gasteiger partial charge in [-0.25, -0.2) is 0 Å². The van der Waals surface area contributed by atoms with Crippen molar-refractivity contribution >= 4 is 23.4 Å². The molecule has 6 nitrogen and oxygen atoms in total. The third kappa shape index (κ3) is 4.47. The molecule has 2 N–H and O–H groups in total. The van der Waals surface area contributed by atoms with Crippen molar-refractivity contribution in [2.24, 2.45) is 0 Å². The van der Waals surface area contributed by atoms with E-state index < -0.39 is 6.10 Å². The summed E-state index contributed by atoms with van der Waals surface area (Å²) < 4.78 is 0. The number of aliphatic hydroxyl groups excluding tert-OH is 1. The van der Waals surface area contributed by atoms with E-state index in [1.807, 2.05) is 4.90 Å². The molecule has 0 spiro atoms. The molecule has 0 saturated carbocycles. The SMILES string of the molecule is Cc1c(Cl)cccc1C(=O)N[C@@H]1CCN(CC(=O)N(C)C)C[C@H]1O. The minimum Gasteiger partial charge on any atom is -0.390 e. The number of piperidine rings is 1. The van der Waals surface area contributed by atoms with E-state index in [0.29, 0.717) is 30.1 Å². The number of likely N-dealkylation sites (N-methyl/N-ethyl adjacent to an activating group) is 1. The summed E-state index contributed by atoms with van der Waals surface area (Å²) in [7, 11) is 3.41. The maximum atomic E-state index is 12.4. The molecule has 7 heteroatoms. The van der Waals surface area contributed by atoms with Crippen LogP contribution < -0.4 is 5.32 Å². The van der Waals surface area contributed by atoms with Crippen molar-refractivity contribution in [2.75, 3.05) is 33.7 Å². The number of likely N-dealkylation sites (tertiary alicyclic amines) is 1. The van der Waals surface area contributed by atoms with Gasteiger partial charge in [-0.05, 0) is 31.0 Å². The second-order valence-electron chi connectivity index (χ2n) is 6.37. The average molecular weight is 354 g/mol. The Morgan fingerprint density at radius 2 is 2.12 bits per heavy atom. The Balaban J connectivity index is 1.94. The Kier molecular flexibility index (Phi) is 6.21. The van der Waals surface area contributed by atoms with E-state index in [4.69, 9.17) is 11.6 Å². The van der Waals surface area contributed by atoms with E-state index in [1.165, 1.54) is 4.90 Å². The van der Waals surface area contributed by atoms with Crippen molar-refractivity contribution < 1.29 is 14.7 Å². The summed E-state index contributed by atoms with van der Waals surface area (Å²) >= 11 is 6.05. The van der Waals surface area contributed by atoms with Crippen LogP contribution in [-0.4, -0.2) is 72.6 Å². The summed E-state index contributed by atoms with van der Waals surface area (Å²) in [5.74, 6) is -0.240. The fourth-order valence-corrected chi connectivity index (χ4v) is 2.92. The lowest BCUT2D eigenvalue weighted by Crippen LogP contribution is -2.55. The molecule has 0 radical (unpaired) electrons. The molecule has 1 heterocycles. The highest BCUT2D eigenvalue weighted by Gasteiger charge is 2.30. The van der Waals surface area contributed by atoms with Crippen LogP contribution in [0, 0.1) is 6.92 Å². The summed E-state index contributed by atoms with van der Waals surface area (Å²) in [4.78, 5) is 27.6. The molecular weight excluding hydrogens is 330 g/mol. The first-order valence-electron chi connectivity index (χ1n) is 7.96. The lowest BCUT2D eigenvalue weighted by Gasteiger charge is -2.36. The van der Waals surface area contributed by atoms with Crippen LogP contribution in [0.3, 0.4) is 0 Å². The second kappa shape index (κ2) is 7.96. The molecule has 0 aromatic heterocycles. The van der Waals surface area contributed by atoms with Gasteiger partial charge in [0.05, 0.1) is 18.7 Å². The minimum absolute atomic E-state index is 0.000706. The van der Waals surface area contributed by atoms with Crippen LogP contribution in [0.4, 0.5) is 0 Å². The number of carbonyl (C=O) groups excluding carboxylic acids is 2. The maximum absolute atomic E-state index is 12.4. The zero-order valence-electron chi connectivity index (χ0n) is 14.3. The van der Waals surface area contributed by atoms with Crippen molar-refractivity contribution in [1.82, 2.24) is 15.1 Å². The monoisotopic (exact) mass is 353 g/mol. The van der Waals surface area contributed by atoms with E-state index in [0.717, 1.165) is 5.56 Å². The van der Waals surface area contributed by atoms with Gasteiger partial charge >= 0.3 is 0 Å². The van der Waals surface area contributed by atoms with Gasteiger partial charge in [-0.1, -0.05) is 17.7 Å². The summed E-state index contributed by atoms with van der Waals surface area (Å²) in [5, 5.41) is 13.7. The number of carbonyl (C=O) groups is 2. The van der Waals surface area contributed by atoms with Gasteiger partial charge in [0, 0.05) is 37.8 Å². The number of β-amino-alcohol motifs (C(OH)–C–C–N with tert-alkyl or cyclic N) is 1. The Hall–Kier alpha value is -1.63. The lowest BCUT2D eigenvalue weighted by molar-refractivity contribution is -0.130. The van der Waals surface area contributed by atoms with Gasteiger partial charge in [0.25, 0.3) is 5.91 Å². The van der Waals surface area contributed by atoms with E-state index in [-0.39, 0.29) is 24.4 Å².